The highest BCUT2D eigenvalue weighted by Gasteiger charge is 2.25. The molecular formula is C20H22FN5O3. The fourth-order valence-corrected chi connectivity index (χ4v) is 3.60. The number of ether oxygens (including phenoxy) is 1. The summed E-state index contributed by atoms with van der Waals surface area (Å²) in [6.07, 6.45) is 2.09. The van der Waals surface area contributed by atoms with Crippen LogP contribution >= 0.6 is 0 Å². The molecule has 3 heterocycles. The third-order valence-electron chi connectivity index (χ3n) is 5.23. The number of nitrogens with one attached hydrogen (secondary N) is 2. The maximum absolute atomic E-state index is 14.8. The molecule has 1 fully saturated rings. The van der Waals surface area contributed by atoms with Crippen LogP contribution in [0.4, 0.5) is 20.7 Å². The van der Waals surface area contributed by atoms with Crippen molar-refractivity contribution in [3.8, 4) is 5.75 Å². The number of aromatic nitrogens is 1. The molecule has 0 atom stereocenters. The summed E-state index contributed by atoms with van der Waals surface area (Å²) < 4.78 is 20.0. The van der Waals surface area contributed by atoms with E-state index in [1.807, 2.05) is 6.07 Å². The largest absolute Gasteiger partial charge is 0.497 e. The molecular weight excluding hydrogens is 377 g/mol. The van der Waals surface area contributed by atoms with E-state index in [9.17, 15) is 14.0 Å². The first-order chi connectivity index (χ1) is 14.1. The number of rotatable bonds is 3. The van der Waals surface area contributed by atoms with Crippen LogP contribution in [0.3, 0.4) is 0 Å². The van der Waals surface area contributed by atoms with Crippen molar-refractivity contribution in [3.63, 3.8) is 0 Å². The number of halogens is 1. The van der Waals surface area contributed by atoms with Crippen LogP contribution in [0.5, 0.6) is 5.75 Å². The Morgan fingerprint density at radius 3 is 2.79 bits per heavy atom. The van der Waals surface area contributed by atoms with E-state index in [-0.39, 0.29) is 17.6 Å². The van der Waals surface area contributed by atoms with Crippen LogP contribution in [-0.2, 0) is 6.42 Å². The van der Waals surface area contributed by atoms with Crippen molar-refractivity contribution in [2.24, 2.45) is 0 Å². The Balaban J connectivity index is 1.40. The van der Waals surface area contributed by atoms with Crippen molar-refractivity contribution in [2.45, 2.75) is 6.42 Å². The number of carbonyl (C=O) groups is 2. The minimum Gasteiger partial charge on any atom is -0.497 e. The zero-order valence-electron chi connectivity index (χ0n) is 16.1. The minimum atomic E-state index is -0.537. The predicted molar refractivity (Wildman–Crippen MR) is 106 cm³/mol. The molecule has 0 radical (unpaired) electrons. The molecule has 0 aliphatic carbocycles. The van der Waals surface area contributed by atoms with Crippen molar-refractivity contribution in [1.29, 1.82) is 0 Å². The van der Waals surface area contributed by atoms with Gasteiger partial charge in [0, 0.05) is 56.1 Å². The fourth-order valence-electron chi connectivity index (χ4n) is 3.60. The smallest absolute Gasteiger partial charge is 0.322 e. The third-order valence-corrected chi connectivity index (χ3v) is 5.23. The van der Waals surface area contributed by atoms with Crippen molar-refractivity contribution in [3.05, 3.63) is 47.4 Å². The number of anilines is 2. The molecule has 152 valence electrons. The third kappa shape index (κ3) is 3.80. The molecule has 8 nitrogen and oxygen atoms in total. The normalized spacial score (nSPS) is 16.1. The molecule has 1 saturated heterocycles. The Labute approximate surface area is 167 Å². The molecule has 4 rings (SSSR count). The van der Waals surface area contributed by atoms with Crippen molar-refractivity contribution in [2.75, 3.05) is 50.1 Å². The Kier molecular flexibility index (Phi) is 5.20. The average Bonchev–Trinajstić information content (AvgIpc) is 2.76. The van der Waals surface area contributed by atoms with Gasteiger partial charge in [0.1, 0.15) is 11.6 Å². The highest BCUT2D eigenvalue weighted by atomic mass is 19.1. The van der Waals surface area contributed by atoms with Crippen LogP contribution in [0.2, 0.25) is 0 Å². The van der Waals surface area contributed by atoms with E-state index in [0.29, 0.717) is 50.3 Å². The zero-order chi connectivity index (χ0) is 20.4. The van der Waals surface area contributed by atoms with Gasteiger partial charge in [-0.1, -0.05) is 0 Å². The molecule has 9 heteroatoms. The van der Waals surface area contributed by atoms with Gasteiger partial charge < -0.3 is 25.2 Å². The quantitative estimate of drug-likeness (QED) is 0.823. The average molecular weight is 399 g/mol. The van der Waals surface area contributed by atoms with Gasteiger partial charge in [0.05, 0.1) is 12.8 Å². The van der Waals surface area contributed by atoms with E-state index in [1.54, 1.807) is 30.3 Å². The standard InChI is InChI=1S/C20H22FN5O3/c1-29-13-4-6-22-17(12-13)25-8-10-26(11-9-25)20(28)24-16-3-2-15-14(18(16)21)5-7-23-19(15)27/h2-4,6,12H,5,7-11H2,1H3,(H,23,27)(H,24,28). The molecule has 0 bridgehead atoms. The zero-order valence-corrected chi connectivity index (χ0v) is 16.1. The summed E-state index contributed by atoms with van der Waals surface area (Å²) in [5.41, 5.74) is 0.770. The summed E-state index contributed by atoms with van der Waals surface area (Å²) >= 11 is 0. The Morgan fingerprint density at radius 1 is 1.24 bits per heavy atom. The number of hydrogen-bond donors (Lipinski definition) is 2. The van der Waals surface area contributed by atoms with E-state index >= 15 is 0 Å². The number of benzene rings is 1. The van der Waals surface area contributed by atoms with E-state index in [1.165, 1.54) is 6.07 Å². The molecule has 2 N–H and O–H groups in total. The van der Waals surface area contributed by atoms with Gasteiger partial charge in [0.15, 0.2) is 5.82 Å². The lowest BCUT2D eigenvalue weighted by Crippen LogP contribution is -2.50. The number of amides is 3. The first-order valence-corrected chi connectivity index (χ1v) is 9.47. The lowest BCUT2D eigenvalue weighted by Gasteiger charge is -2.35. The van der Waals surface area contributed by atoms with E-state index in [2.05, 4.69) is 20.5 Å². The lowest BCUT2D eigenvalue weighted by molar-refractivity contribution is 0.0945. The molecule has 0 spiro atoms. The van der Waals surface area contributed by atoms with Gasteiger partial charge in [-0.05, 0) is 24.6 Å². The van der Waals surface area contributed by atoms with Gasteiger partial charge in [-0.3, -0.25) is 4.79 Å². The van der Waals surface area contributed by atoms with E-state index in [4.69, 9.17) is 4.74 Å². The van der Waals surface area contributed by atoms with Gasteiger partial charge in [-0.15, -0.1) is 0 Å². The second-order valence-electron chi connectivity index (χ2n) is 6.92. The molecule has 3 amide bonds. The number of carbonyl (C=O) groups excluding carboxylic acids is 2. The SMILES string of the molecule is COc1ccnc(N2CCN(C(=O)Nc3ccc4c(c3F)CCNC4=O)CC2)c1. The van der Waals surface area contributed by atoms with Gasteiger partial charge in [-0.25, -0.2) is 14.2 Å². The number of nitrogens with zero attached hydrogens (tertiary/aromatic N) is 3. The van der Waals surface area contributed by atoms with Crippen molar-refractivity contribution in [1.82, 2.24) is 15.2 Å². The van der Waals surface area contributed by atoms with Crippen LogP contribution in [0, 0.1) is 5.82 Å². The molecule has 1 aromatic heterocycles. The lowest BCUT2D eigenvalue weighted by atomic mass is 9.99. The Morgan fingerprint density at radius 2 is 2.03 bits per heavy atom. The maximum atomic E-state index is 14.8. The van der Waals surface area contributed by atoms with Crippen LogP contribution < -0.4 is 20.3 Å². The first kappa shape index (κ1) is 19.0. The minimum absolute atomic E-state index is 0.0975. The van der Waals surface area contributed by atoms with Gasteiger partial charge >= 0.3 is 6.03 Å². The summed E-state index contributed by atoms with van der Waals surface area (Å²) in [5.74, 6) is 0.699. The van der Waals surface area contributed by atoms with Gasteiger partial charge in [0.2, 0.25) is 0 Å². The van der Waals surface area contributed by atoms with Crippen molar-refractivity contribution < 1.29 is 18.7 Å². The number of pyridine rings is 1. The topological polar surface area (TPSA) is 86.8 Å². The van der Waals surface area contributed by atoms with E-state index < -0.39 is 5.82 Å². The maximum Gasteiger partial charge on any atom is 0.322 e. The molecule has 29 heavy (non-hydrogen) atoms. The molecule has 1 aromatic carbocycles. The molecule has 2 aliphatic heterocycles. The number of methoxy groups -OCH3 is 1. The Hall–Kier alpha value is -3.36. The number of hydrogen-bond acceptors (Lipinski definition) is 5. The van der Waals surface area contributed by atoms with Crippen LogP contribution in [-0.4, -0.2) is 61.7 Å². The summed E-state index contributed by atoms with van der Waals surface area (Å²) in [4.78, 5) is 32.5. The summed E-state index contributed by atoms with van der Waals surface area (Å²) in [6.45, 7) is 2.58. The first-order valence-electron chi connectivity index (χ1n) is 9.47. The molecule has 0 saturated carbocycles. The molecule has 0 unspecified atom stereocenters. The summed E-state index contributed by atoms with van der Waals surface area (Å²) in [5, 5.41) is 5.33. The number of piperazine rings is 1. The monoisotopic (exact) mass is 399 g/mol. The Bertz CT molecular complexity index is 944. The van der Waals surface area contributed by atoms with Crippen LogP contribution in [0.1, 0.15) is 15.9 Å². The van der Waals surface area contributed by atoms with Gasteiger partial charge in [0.25, 0.3) is 5.91 Å². The number of fused-ring (bicyclic) bond motifs is 1. The summed E-state index contributed by atoms with van der Waals surface area (Å²) in [6, 6.07) is 6.27. The van der Waals surface area contributed by atoms with Crippen molar-refractivity contribution >= 4 is 23.4 Å². The second kappa shape index (κ2) is 7.94. The number of urea groups is 1. The highest BCUT2D eigenvalue weighted by Crippen LogP contribution is 2.25. The molecule has 2 aliphatic rings. The van der Waals surface area contributed by atoms with Gasteiger partial charge in [-0.2, -0.15) is 0 Å². The predicted octanol–water partition coefficient (Wildman–Crippen LogP) is 1.87. The van der Waals surface area contributed by atoms with Crippen LogP contribution in [0.25, 0.3) is 0 Å². The highest BCUT2D eigenvalue weighted by molar-refractivity contribution is 5.98. The fraction of sp³-hybridized carbons (Fsp3) is 0.350. The van der Waals surface area contributed by atoms with E-state index in [0.717, 1.165) is 11.6 Å². The second-order valence-corrected chi connectivity index (χ2v) is 6.92. The molecule has 2 aromatic rings. The summed E-state index contributed by atoms with van der Waals surface area (Å²) in [7, 11) is 1.60. The van der Waals surface area contributed by atoms with Crippen LogP contribution in [0.15, 0.2) is 30.5 Å².